The van der Waals surface area contributed by atoms with Crippen LogP contribution in [-0.2, 0) is 14.3 Å². The number of ether oxygens (including phenoxy) is 1. The molecule has 0 unspecified atom stereocenters. The van der Waals surface area contributed by atoms with Gasteiger partial charge in [-0.3, -0.25) is 4.79 Å². The Bertz CT molecular complexity index is 1260. The monoisotopic (exact) mass is 507 g/mol. The third-order valence-corrected chi connectivity index (χ3v) is 6.84. The minimum absolute atomic E-state index is 0.0587. The van der Waals surface area contributed by atoms with Crippen molar-refractivity contribution in [1.29, 1.82) is 5.26 Å². The molecule has 0 aromatic heterocycles. The van der Waals surface area contributed by atoms with Crippen LogP contribution in [0.15, 0.2) is 77.0 Å². The number of amides is 1. The fourth-order valence-electron chi connectivity index (χ4n) is 3.61. The standard InChI is InChI=1S/C27H26ClN3O3S/c1-5-12-34-27(33)24-18(4)30-26(21(14-29)25(24)19-9-6-16(2)7-10-19)35-15-23(32)31-20-11-8-17(3)22(28)13-20/h5-11,13,25,30H,1,12,15H2,2-4H3,(H,31,32)/t25-/m0/s1. The topological polar surface area (TPSA) is 91.2 Å². The SMILES string of the molecule is C=CCOC(=O)C1=C(C)NC(SCC(=O)Nc2ccc(C)c(Cl)c2)=C(C#N)[C@@H]1c1ccc(C)cc1. The summed E-state index contributed by atoms with van der Waals surface area (Å²) in [4.78, 5) is 25.5. The number of allylic oxidation sites excluding steroid dienone is 2. The van der Waals surface area contributed by atoms with Crippen molar-refractivity contribution in [1.82, 2.24) is 5.32 Å². The van der Waals surface area contributed by atoms with Gasteiger partial charge in [0.1, 0.15) is 6.61 Å². The molecule has 2 aromatic carbocycles. The van der Waals surface area contributed by atoms with Crippen LogP contribution in [0.2, 0.25) is 5.02 Å². The highest BCUT2D eigenvalue weighted by Crippen LogP contribution is 2.41. The summed E-state index contributed by atoms with van der Waals surface area (Å²) in [6, 6.07) is 15.2. The van der Waals surface area contributed by atoms with Crippen LogP contribution in [-0.4, -0.2) is 24.2 Å². The first kappa shape index (κ1) is 26.1. The molecular formula is C27H26ClN3O3S. The summed E-state index contributed by atoms with van der Waals surface area (Å²) >= 11 is 7.35. The highest BCUT2D eigenvalue weighted by molar-refractivity contribution is 8.03. The first-order valence-corrected chi connectivity index (χ1v) is 12.3. The van der Waals surface area contributed by atoms with Gasteiger partial charge in [-0.1, -0.05) is 71.9 Å². The number of hydrogen-bond acceptors (Lipinski definition) is 6. The zero-order valence-corrected chi connectivity index (χ0v) is 21.3. The lowest BCUT2D eigenvalue weighted by atomic mass is 9.82. The van der Waals surface area contributed by atoms with E-state index in [0.29, 0.717) is 32.6 Å². The highest BCUT2D eigenvalue weighted by atomic mass is 35.5. The lowest BCUT2D eigenvalue weighted by molar-refractivity contribution is -0.138. The van der Waals surface area contributed by atoms with Gasteiger partial charge in [0.25, 0.3) is 0 Å². The van der Waals surface area contributed by atoms with Crippen LogP contribution < -0.4 is 10.6 Å². The van der Waals surface area contributed by atoms with Gasteiger partial charge >= 0.3 is 5.97 Å². The van der Waals surface area contributed by atoms with Gasteiger partial charge in [0.05, 0.1) is 33.9 Å². The Morgan fingerprint density at radius 3 is 2.57 bits per heavy atom. The first-order chi connectivity index (χ1) is 16.7. The third kappa shape index (κ3) is 6.36. The smallest absolute Gasteiger partial charge is 0.337 e. The van der Waals surface area contributed by atoms with Gasteiger partial charge in [-0.25, -0.2) is 4.79 Å². The summed E-state index contributed by atoms with van der Waals surface area (Å²) < 4.78 is 5.32. The largest absolute Gasteiger partial charge is 0.458 e. The second-order valence-corrected chi connectivity index (χ2v) is 9.44. The molecule has 0 aliphatic carbocycles. The predicted molar refractivity (Wildman–Crippen MR) is 141 cm³/mol. The number of rotatable bonds is 8. The van der Waals surface area contributed by atoms with E-state index in [1.54, 1.807) is 19.1 Å². The molecule has 35 heavy (non-hydrogen) atoms. The van der Waals surface area contributed by atoms with Crippen molar-refractivity contribution in [2.24, 2.45) is 0 Å². The van der Waals surface area contributed by atoms with Gasteiger partial charge in [0.15, 0.2) is 0 Å². The Kier molecular flexibility index (Phi) is 8.80. The molecule has 2 aromatic rings. The number of dihydropyridines is 1. The van der Waals surface area contributed by atoms with Crippen LogP contribution in [0.3, 0.4) is 0 Å². The molecule has 3 rings (SSSR count). The average Bonchev–Trinajstić information content (AvgIpc) is 2.83. The van der Waals surface area contributed by atoms with E-state index < -0.39 is 11.9 Å². The minimum atomic E-state index is -0.624. The van der Waals surface area contributed by atoms with Crippen LogP contribution in [0, 0.1) is 25.2 Å². The molecule has 0 saturated heterocycles. The molecule has 0 spiro atoms. The number of benzene rings is 2. The fourth-order valence-corrected chi connectivity index (χ4v) is 4.68. The number of esters is 1. The Morgan fingerprint density at radius 1 is 1.23 bits per heavy atom. The Hall–Kier alpha value is -3.47. The lowest BCUT2D eigenvalue weighted by Crippen LogP contribution is -2.29. The van der Waals surface area contributed by atoms with Crippen molar-refractivity contribution >= 4 is 40.9 Å². The van der Waals surface area contributed by atoms with E-state index in [0.717, 1.165) is 16.7 Å². The molecule has 1 aliphatic rings. The van der Waals surface area contributed by atoms with Crippen molar-refractivity contribution in [3.63, 3.8) is 0 Å². The molecule has 0 saturated carbocycles. The first-order valence-electron chi connectivity index (χ1n) is 10.9. The number of nitriles is 1. The zero-order valence-electron chi connectivity index (χ0n) is 19.8. The summed E-state index contributed by atoms with van der Waals surface area (Å²) in [6.45, 7) is 9.26. The molecule has 1 aliphatic heterocycles. The van der Waals surface area contributed by atoms with Crippen LogP contribution in [0.25, 0.3) is 0 Å². The number of hydrogen-bond donors (Lipinski definition) is 2. The van der Waals surface area contributed by atoms with Gasteiger partial charge < -0.3 is 15.4 Å². The van der Waals surface area contributed by atoms with E-state index in [1.165, 1.54) is 17.8 Å². The van der Waals surface area contributed by atoms with E-state index >= 15 is 0 Å². The second-order valence-electron chi connectivity index (χ2n) is 8.05. The van der Waals surface area contributed by atoms with E-state index in [9.17, 15) is 14.9 Å². The maximum absolute atomic E-state index is 12.9. The van der Waals surface area contributed by atoms with Crippen molar-refractivity contribution < 1.29 is 14.3 Å². The molecule has 1 heterocycles. The normalized spacial score (nSPS) is 15.2. The molecule has 1 atom stereocenters. The van der Waals surface area contributed by atoms with E-state index in [2.05, 4.69) is 23.3 Å². The third-order valence-electron chi connectivity index (χ3n) is 5.41. The molecule has 1 amide bonds. The van der Waals surface area contributed by atoms with Crippen molar-refractivity contribution in [2.45, 2.75) is 26.7 Å². The molecule has 0 fully saturated rings. The highest BCUT2D eigenvalue weighted by Gasteiger charge is 2.35. The van der Waals surface area contributed by atoms with Crippen molar-refractivity contribution in [2.75, 3.05) is 17.7 Å². The van der Waals surface area contributed by atoms with Crippen LogP contribution >= 0.6 is 23.4 Å². The maximum Gasteiger partial charge on any atom is 0.337 e. The van der Waals surface area contributed by atoms with Gasteiger partial charge in [0.2, 0.25) is 5.91 Å². The van der Waals surface area contributed by atoms with Crippen LogP contribution in [0.4, 0.5) is 5.69 Å². The maximum atomic E-state index is 12.9. The Balaban J connectivity index is 1.88. The summed E-state index contributed by atoms with van der Waals surface area (Å²) in [6.07, 6.45) is 1.49. The molecule has 0 bridgehead atoms. The Morgan fingerprint density at radius 2 is 1.94 bits per heavy atom. The van der Waals surface area contributed by atoms with E-state index in [1.807, 2.05) is 44.2 Å². The van der Waals surface area contributed by atoms with Crippen LogP contribution in [0.5, 0.6) is 0 Å². The quantitative estimate of drug-likeness (QED) is 0.349. The number of nitrogens with zero attached hydrogens (tertiary/aromatic N) is 1. The number of carbonyl (C=O) groups is 2. The number of halogens is 1. The minimum Gasteiger partial charge on any atom is -0.458 e. The second kappa shape index (κ2) is 11.8. The van der Waals surface area contributed by atoms with Gasteiger partial charge in [-0.05, 0) is 44.0 Å². The molecular weight excluding hydrogens is 482 g/mol. The number of anilines is 1. The fraction of sp³-hybridized carbons (Fsp3) is 0.222. The van der Waals surface area contributed by atoms with E-state index in [4.69, 9.17) is 16.3 Å². The zero-order chi connectivity index (χ0) is 25.5. The summed E-state index contributed by atoms with van der Waals surface area (Å²) in [5.41, 5.74) is 4.63. The molecule has 6 nitrogen and oxygen atoms in total. The van der Waals surface area contributed by atoms with Gasteiger partial charge in [-0.15, -0.1) is 0 Å². The molecule has 8 heteroatoms. The molecule has 180 valence electrons. The van der Waals surface area contributed by atoms with Crippen molar-refractivity contribution in [3.8, 4) is 6.07 Å². The Labute approximate surface area is 214 Å². The molecule has 2 N–H and O–H groups in total. The van der Waals surface area contributed by atoms with Gasteiger partial charge in [0, 0.05) is 16.4 Å². The predicted octanol–water partition coefficient (Wildman–Crippen LogP) is 5.75. The van der Waals surface area contributed by atoms with Crippen molar-refractivity contribution in [3.05, 3.63) is 98.7 Å². The van der Waals surface area contributed by atoms with Gasteiger partial charge in [-0.2, -0.15) is 5.26 Å². The number of carbonyl (C=O) groups excluding carboxylic acids is 2. The average molecular weight is 508 g/mol. The number of nitrogens with one attached hydrogen (secondary N) is 2. The summed E-state index contributed by atoms with van der Waals surface area (Å²) in [7, 11) is 0. The lowest BCUT2D eigenvalue weighted by Gasteiger charge is -2.29. The van der Waals surface area contributed by atoms with Crippen LogP contribution in [0.1, 0.15) is 29.5 Å². The number of thioether (sulfide) groups is 1. The van der Waals surface area contributed by atoms with E-state index in [-0.39, 0.29) is 18.3 Å². The molecule has 0 radical (unpaired) electrons. The summed E-state index contributed by atoms with van der Waals surface area (Å²) in [5, 5.41) is 17.2. The number of aryl methyl sites for hydroxylation is 2. The summed E-state index contributed by atoms with van der Waals surface area (Å²) in [5.74, 6) is -1.33.